The van der Waals surface area contributed by atoms with Crippen LogP contribution >= 0.6 is 0 Å². The fourth-order valence-electron chi connectivity index (χ4n) is 2.39. The van der Waals surface area contributed by atoms with Crippen molar-refractivity contribution in [3.8, 4) is 0 Å². The van der Waals surface area contributed by atoms with Crippen LogP contribution < -0.4 is 5.32 Å². The lowest BCUT2D eigenvalue weighted by Gasteiger charge is -2.22. The SMILES string of the molecule is Cn1c(COC2CCNCC2)nc2cnccc21. The number of imidazole rings is 1. The van der Waals surface area contributed by atoms with Gasteiger partial charge in [0.05, 0.1) is 17.8 Å². The minimum Gasteiger partial charge on any atom is -0.370 e. The molecular weight excluding hydrogens is 228 g/mol. The van der Waals surface area contributed by atoms with Gasteiger partial charge in [-0.05, 0) is 32.0 Å². The average molecular weight is 246 g/mol. The number of nitrogens with zero attached hydrogens (tertiary/aromatic N) is 3. The quantitative estimate of drug-likeness (QED) is 0.885. The molecule has 3 rings (SSSR count). The van der Waals surface area contributed by atoms with E-state index in [-0.39, 0.29) is 0 Å². The number of aromatic nitrogens is 3. The molecule has 0 amide bonds. The predicted molar refractivity (Wildman–Crippen MR) is 69.2 cm³/mol. The Labute approximate surface area is 106 Å². The van der Waals surface area contributed by atoms with Crippen LogP contribution in [-0.2, 0) is 18.4 Å². The molecule has 0 spiro atoms. The van der Waals surface area contributed by atoms with Gasteiger partial charge in [0.25, 0.3) is 0 Å². The summed E-state index contributed by atoms with van der Waals surface area (Å²) in [6.07, 6.45) is 6.13. The molecule has 18 heavy (non-hydrogen) atoms. The number of rotatable bonds is 3. The van der Waals surface area contributed by atoms with Crippen LogP contribution in [0, 0.1) is 0 Å². The zero-order valence-corrected chi connectivity index (χ0v) is 10.6. The standard InChI is InChI=1S/C13H18N4O/c1-17-12-4-7-15-8-11(12)16-13(17)9-18-10-2-5-14-6-3-10/h4,7-8,10,14H,2-3,5-6,9H2,1H3. The summed E-state index contributed by atoms with van der Waals surface area (Å²) in [6.45, 7) is 2.68. The molecule has 0 aromatic carbocycles. The number of hydrogen-bond donors (Lipinski definition) is 1. The van der Waals surface area contributed by atoms with Crippen LogP contribution in [0.1, 0.15) is 18.7 Å². The van der Waals surface area contributed by atoms with Gasteiger partial charge in [0.15, 0.2) is 0 Å². The molecule has 1 fully saturated rings. The zero-order chi connectivity index (χ0) is 12.4. The number of piperidine rings is 1. The fraction of sp³-hybridized carbons (Fsp3) is 0.538. The first-order chi connectivity index (χ1) is 8.84. The summed E-state index contributed by atoms with van der Waals surface area (Å²) in [4.78, 5) is 8.65. The average Bonchev–Trinajstić information content (AvgIpc) is 2.75. The summed E-state index contributed by atoms with van der Waals surface area (Å²) in [5.74, 6) is 0.969. The highest BCUT2D eigenvalue weighted by molar-refractivity contribution is 5.74. The van der Waals surface area contributed by atoms with E-state index >= 15 is 0 Å². The first-order valence-electron chi connectivity index (χ1n) is 6.42. The highest BCUT2D eigenvalue weighted by Gasteiger charge is 2.15. The van der Waals surface area contributed by atoms with Crippen LogP contribution in [0.3, 0.4) is 0 Å². The van der Waals surface area contributed by atoms with Crippen LogP contribution in [-0.4, -0.2) is 33.7 Å². The number of pyridine rings is 1. The van der Waals surface area contributed by atoms with Gasteiger partial charge in [-0.15, -0.1) is 0 Å². The summed E-state index contributed by atoms with van der Waals surface area (Å²) in [6, 6.07) is 1.98. The molecule has 0 atom stereocenters. The van der Waals surface area contributed by atoms with E-state index in [4.69, 9.17) is 4.74 Å². The molecule has 0 saturated carbocycles. The lowest BCUT2D eigenvalue weighted by molar-refractivity contribution is 0.0170. The Balaban J connectivity index is 1.72. The topological polar surface area (TPSA) is 52.0 Å². The highest BCUT2D eigenvalue weighted by atomic mass is 16.5. The minimum absolute atomic E-state index is 0.365. The highest BCUT2D eigenvalue weighted by Crippen LogP contribution is 2.15. The van der Waals surface area contributed by atoms with Gasteiger partial charge in [-0.25, -0.2) is 4.98 Å². The van der Waals surface area contributed by atoms with Gasteiger partial charge in [-0.3, -0.25) is 4.98 Å². The van der Waals surface area contributed by atoms with Gasteiger partial charge < -0.3 is 14.6 Å². The first-order valence-corrected chi connectivity index (χ1v) is 6.42. The second-order valence-electron chi connectivity index (χ2n) is 4.71. The molecule has 3 heterocycles. The van der Waals surface area contributed by atoms with Crippen molar-refractivity contribution in [2.24, 2.45) is 7.05 Å². The van der Waals surface area contributed by atoms with Gasteiger partial charge in [-0.1, -0.05) is 0 Å². The molecule has 5 nitrogen and oxygen atoms in total. The smallest absolute Gasteiger partial charge is 0.135 e. The normalized spacial score (nSPS) is 17.4. The van der Waals surface area contributed by atoms with Crippen molar-refractivity contribution in [1.82, 2.24) is 19.9 Å². The van der Waals surface area contributed by atoms with Crippen LogP contribution in [0.4, 0.5) is 0 Å². The van der Waals surface area contributed by atoms with Crippen molar-refractivity contribution < 1.29 is 4.74 Å². The van der Waals surface area contributed by atoms with E-state index in [2.05, 4.69) is 19.9 Å². The number of ether oxygens (including phenoxy) is 1. The number of fused-ring (bicyclic) bond motifs is 1. The zero-order valence-electron chi connectivity index (χ0n) is 10.6. The van der Waals surface area contributed by atoms with E-state index in [1.54, 1.807) is 12.4 Å². The van der Waals surface area contributed by atoms with Crippen LogP contribution in [0.15, 0.2) is 18.5 Å². The molecule has 5 heteroatoms. The van der Waals surface area contributed by atoms with Crippen LogP contribution in [0.2, 0.25) is 0 Å². The third-order valence-electron chi connectivity index (χ3n) is 3.51. The molecule has 0 unspecified atom stereocenters. The second kappa shape index (κ2) is 5.04. The molecule has 1 aliphatic rings. The van der Waals surface area contributed by atoms with Crippen molar-refractivity contribution in [3.63, 3.8) is 0 Å². The maximum Gasteiger partial charge on any atom is 0.135 e. The van der Waals surface area contributed by atoms with Crippen molar-refractivity contribution in [3.05, 3.63) is 24.3 Å². The van der Waals surface area contributed by atoms with Gasteiger partial charge >= 0.3 is 0 Å². The molecular formula is C13H18N4O. The Kier molecular flexibility index (Phi) is 3.25. The largest absolute Gasteiger partial charge is 0.370 e. The number of nitrogens with one attached hydrogen (secondary N) is 1. The van der Waals surface area contributed by atoms with E-state index in [0.29, 0.717) is 12.7 Å². The maximum atomic E-state index is 5.94. The van der Waals surface area contributed by atoms with Gasteiger partial charge in [0.2, 0.25) is 0 Å². The Morgan fingerprint density at radius 2 is 2.28 bits per heavy atom. The third-order valence-corrected chi connectivity index (χ3v) is 3.51. The second-order valence-corrected chi connectivity index (χ2v) is 4.71. The molecule has 0 radical (unpaired) electrons. The van der Waals surface area contributed by atoms with E-state index in [1.165, 1.54) is 0 Å². The van der Waals surface area contributed by atoms with Crippen LogP contribution in [0.25, 0.3) is 11.0 Å². The monoisotopic (exact) mass is 246 g/mol. The third kappa shape index (κ3) is 2.23. The summed E-state index contributed by atoms with van der Waals surface area (Å²) >= 11 is 0. The van der Waals surface area contributed by atoms with E-state index in [0.717, 1.165) is 42.8 Å². The van der Waals surface area contributed by atoms with Crippen molar-refractivity contribution >= 4 is 11.0 Å². The van der Waals surface area contributed by atoms with Gasteiger partial charge in [-0.2, -0.15) is 0 Å². The number of aryl methyl sites for hydroxylation is 1. The fourth-order valence-corrected chi connectivity index (χ4v) is 2.39. The Morgan fingerprint density at radius 3 is 3.06 bits per heavy atom. The maximum absolute atomic E-state index is 5.94. The molecule has 1 aliphatic heterocycles. The predicted octanol–water partition coefficient (Wildman–Crippen LogP) is 1.24. The summed E-state index contributed by atoms with van der Waals surface area (Å²) in [5, 5.41) is 3.34. The van der Waals surface area contributed by atoms with Crippen molar-refractivity contribution in [2.75, 3.05) is 13.1 Å². The number of hydrogen-bond acceptors (Lipinski definition) is 4. The molecule has 0 bridgehead atoms. The molecule has 2 aromatic rings. The van der Waals surface area contributed by atoms with E-state index in [1.807, 2.05) is 13.1 Å². The molecule has 0 aliphatic carbocycles. The Hall–Kier alpha value is -1.46. The molecule has 2 aromatic heterocycles. The molecule has 1 N–H and O–H groups in total. The lowest BCUT2D eigenvalue weighted by atomic mass is 10.1. The summed E-state index contributed by atoms with van der Waals surface area (Å²) < 4.78 is 8.02. The van der Waals surface area contributed by atoms with Gasteiger partial charge in [0, 0.05) is 13.2 Å². The lowest BCUT2D eigenvalue weighted by Crippen LogP contribution is -2.32. The molecule has 1 saturated heterocycles. The Bertz CT molecular complexity index is 531. The first kappa shape index (κ1) is 11.6. The Morgan fingerprint density at radius 1 is 1.44 bits per heavy atom. The van der Waals surface area contributed by atoms with E-state index in [9.17, 15) is 0 Å². The summed E-state index contributed by atoms with van der Waals surface area (Å²) in [5.41, 5.74) is 2.04. The molecule has 96 valence electrons. The van der Waals surface area contributed by atoms with Crippen molar-refractivity contribution in [2.45, 2.75) is 25.6 Å². The minimum atomic E-state index is 0.365. The van der Waals surface area contributed by atoms with Crippen molar-refractivity contribution in [1.29, 1.82) is 0 Å². The van der Waals surface area contributed by atoms with E-state index < -0.39 is 0 Å². The van der Waals surface area contributed by atoms with Crippen LogP contribution in [0.5, 0.6) is 0 Å². The van der Waals surface area contributed by atoms with Gasteiger partial charge in [0.1, 0.15) is 17.9 Å². The summed E-state index contributed by atoms with van der Waals surface area (Å²) in [7, 11) is 2.02.